The molecule has 0 atom stereocenters. The highest BCUT2D eigenvalue weighted by Crippen LogP contribution is 1.98. The number of aliphatic hydroxyl groups is 3. The van der Waals surface area contributed by atoms with Gasteiger partial charge in [-0.1, -0.05) is 0 Å². The highest BCUT2D eigenvalue weighted by Gasteiger charge is 2.22. The molecule has 5 nitrogen and oxygen atoms in total. The van der Waals surface area contributed by atoms with E-state index in [1.54, 1.807) is 0 Å². The number of carbonyl (C=O) groups excluding carboxylic acids is 1. The normalized spacial score (nSPS) is 11.0. The number of hydrogen-bond acceptors (Lipinski definition) is 5. The lowest BCUT2D eigenvalue weighted by Gasteiger charge is -2.09. The van der Waals surface area contributed by atoms with Crippen LogP contribution in [0.4, 0.5) is 4.79 Å². The summed E-state index contributed by atoms with van der Waals surface area (Å²) in [5.41, 5.74) is -1.50. The molecule has 0 rings (SSSR count). The van der Waals surface area contributed by atoms with Crippen molar-refractivity contribution in [2.45, 2.75) is 6.16 Å². The fraction of sp³-hybridized carbons (Fsp3) is 0.500. The molecule has 0 aliphatic carbocycles. The van der Waals surface area contributed by atoms with Crippen molar-refractivity contribution >= 4 is 17.0 Å². The molecule has 0 aliphatic rings. The van der Waals surface area contributed by atoms with Crippen molar-refractivity contribution in [3.8, 4) is 0 Å². The SMILES string of the molecule is O=C(Cl)OC(O)(O)O. The van der Waals surface area contributed by atoms with Crippen molar-refractivity contribution in [3.63, 3.8) is 0 Å². The summed E-state index contributed by atoms with van der Waals surface area (Å²) in [4.78, 5) is 9.52. The van der Waals surface area contributed by atoms with Gasteiger partial charge >= 0.3 is 11.6 Å². The maximum Gasteiger partial charge on any atom is 0.456 e. The molecule has 3 N–H and O–H groups in total. The smallest absolute Gasteiger partial charge is 0.372 e. The highest BCUT2D eigenvalue weighted by molar-refractivity contribution is 6.61. The molecule has 0 aromatic heterocycles. The summed E-state index contributed by atoms with van der Waals surface area (Å²) in [6.07, 6.45) is -3.46. The van der Waals surface area contributed by atoms with Gasteiger partial charge in [0.25, 0.3) is 0 Å². The molecule has 0 heterocycles. The van der Waals surface area contributed by atoms with E-state index < -0.39 is 11.6 Å². The fourth-order valence-electron chi connectivity index (χ4n) is 0.108. The third kappa shape index (κ3) is 5.64. The summed E-state index contributed by atoms with van der Waals surface area (Å²) >= 11 is 4.42. The minimum atomic E-state index is -3.46. The van der Waals surface area contributed by atoms with E-state index in [0.29, 0.717) is 0 Å². The minimum Gasteiger partial charge on any atom is -0.372 e. The number of carbonyl (C=O) groups is 1. The monoisotopic (exact) mass is 142 g/mol. The van der Waals surface area contributed by atoms with Gasteiger partial charge in [0.05, 0.1) is 0 Å². The predicted octanol–water partition coefficient (Wildman–Crippen LogP) is -1.05. The summed E-state index contributed by atoms with van der Waals surface area (Å²) in [6, 6.07) is 0. The van der Waals surface area contributed by atoms with Crippen molar-refractivity contribution in [2.75, 3.05) is 0 Å². The van der Waals surface area contributed by atoms with E-state index in [4.69, 9.17) is 15.3 Å². The zero-order chi connectivity index (χ0) is 6.78. The van der Waals surface area contributed by atoms with Crippen LogP contribution in [-0.4, -0.2) is 26.9 Å². The van der Waals surface area contributed by atoms with Gasteiger partial charge < -0.3 is 20.1 Å². The molecule has 0 radical (unpaired) electrons. The summed E-state index contributed by atoms with van der Waals surface area (Å²) in [6.45, 7) is 0. The van der Waals surface area contributed by atoms with Crippen LogP contribution in [0, 0.1) is 0 Å². The van der Waals surface area contributed by atoms with Crippen molar-refractivity contribution in [1.29, 1.82) is 0 Å². The Balaban J connectivity index is 3.55. The molecule has 0 spiro atoms. The number of ether oxygens (including phenoxy) is 1. The van der Waals surface area contributed by atoms with Gasteiger partial charge in [-0.3, -0.25) is 0 Å². The molecule has 0 saturated heterocycles. The summed E-state index contributed by atoms with van der Waals surface area (Å²) < 4.78 is 3.23. The Bertz CT molecular complexity index is 93.1. The number of halogens is 1. The van der Waals surface area contributed by atoms with Crippen LogP contribution in [0.25, 0.3) is 0 Å². The molecule has 0 bridgehead atoms. The second-order valence-electron chi connectivity index (χ2n) is 0.914. The molecule has 0 unspecified atom stereocenters. The molecule has 6 heteroatoms. The topological polar surface area (TPSA) is 87.0 Å². The Hall–Kier alpha value is -0.360. The van der Waals surface area contributed by atoms with Crippen molar-refractivity contribution in [1.82, 2.24) is 0 Å². The van der Waals surface area contributed by atoms with Crippen molar-refractivity contribution in [3.05, 3.63) is 0 Å². The van der Waals surface area contributed by atoms with Gasteiger partial charge in [0.15, 0.2) is 0 Å². The molecule has 0 saturated carbocycles. The molecular weight excluding hydrogens is 139 g/mol. The van der Waals surface area contributed by atoms with Crippen LogP contribution in [0.1, 0.15) is 0 Å². The van der Waals surface area contributed by atoms with Crippen molar-refractivity contribution in [2.24, 2.45) is 0 Å². The van der Waals surface area contributed by atoms with Crippen LogP contribution in [0.2, 0.25) is 0 Å². The highest BCUT2D eigenvalue weighted by atomic mass is 35.5. The van der Waals surface area contributed by atoms with Crippen LogP contribution in [0.5, 0.6) is 0 Å². The van der Waals surface area contributed by atoms with Crippen LogP contribution in [0.15, 0.2) is 0 Å². The number of rotatable bonds is 1. The average Bonchev–Trinajstić information content (AvgIpc) is 1.21. The second-order valence-corrected chi connectivity index (χ2v) is 1.22. The maximum atomic E-state index is 9.52. The maximum absolute atomic E-state index is 9.52. The molecule has 48 valence electrons. The quantitative estimate of drug-likeness (QED) is 0.321. The third-order valence-electron chi connectivity index (χ3n) is 0.217. The van der Waals surface area contributed by atoms with Crippen LogP contribution < -0.4 is 0 Å². The molecular formula is C2H3ClO5. The van der Waals surface area contributed by atoms with Gasteiger partial charge in [0.2, 0.25) is 0 Å². The summed E-state index contributed by atoms with van der Waals surface area (Å²) in [5, 5.41) is 23.3. The Morgan fingerprint density at radius 3 is 1.88 bits per heavy atom. The van der Waals surface area contributed by atoms with E-state index in [2.05, 4.69) is 16.3 Å². The Morgan fingerprint density at radius 2 is 1.88 bits per heavy atom. The van der Waals surface area contributed by atoms with Gasteiger partial charge in [-0.05, 0) is 0 Å². The van der Waals surface area contributed by atoms with E-state index in [0.717, 1.165) is 0 Å². The second kappa shape index (κ2) is 2.27. The Morgan fingerprint density at radius 1 is 1.50 bits per heavy atom. The predicted molar refractivity (Wildman–Crippen MR) is 21.7 cm³/mol. The average molecular weight is 142 g/mol. The van der Waals surface area contributed by atoms with Crippen LogP contribution >= 0.6 is 11.6 Å². The summed E-state index contributed by atoms with van der Waals surface area (Å²) in [7, 11) is 0. The van der Waals surface area contributed by atoms with E-state index >= 15 is 0 Å². The Labute approximate surface area is 49.1 Å². The van der Waals surface area contributed by atoms with Gasteiger partial charge in [0, 0.05) is 11.6 Å². The molecule has 0 fully saturated rings. The first-order valence-corrected chi connectivity index (χ1v) is 1.85. The Kier molecular flexibility index (Phi) is 2.17. The van der Waals surface area contributed by atoms with Crippen LogP contribution in [0.3, 0.4) is 0 Å². The standard InChI is InChI=1S/C2H3ClO5/c3-1(4)8-2(5,6)7/h5-7H. The molecule has 0 amide bonds. The van der Waals surface area contributed by atoms with Crippen LogP contribution in [-0.2, 0) is 4.74 Å². The zero-order valence-electron chi connectivity index (χ0n) is 3.54. The van der Waals surface area contributed by atoms with E-state index in [1.165, 1.54) is 0 Å². The molecule has 0 aromatic rings. The molecule has 0 aromatic carbocycles. The molecule has 0 aliphatic heterocycles. The van der Waals surface area contributed by atoms with Gasteiger partial charge in [-0.2, -0.15) is 0 Å². The molecule has 8 heavy (non-hydrogen) atoms. The lowest BCUT2D eigenvalue weighted by atomic mass is 11.1. The van der Waals surface area contributed by atoms with E-state index in [-0.39, 0.29) is 0 Å². The number of hydrogen-bond donors (Lipinski definition) is 3. The van der Waals surface area contributed by atoms with E-state index in [9.17, 15) is 4.79 Å². The lowest BCUT2D eigenvalue weighted by Crippen LogP contribution is -2.31. The fourth-order valence-corrected chi connectivity index (χ4v) is 0.211. The first-order valence-electron chi connectivity index (χ1n) is 1.47. The lowest BCUT2D eigenvalue weighted by molar-refractivity contribution is -0.428. The summed E-state index contributed by atoms with van der Waals surface area (Å²) in [5.74, 6) is 0. The zero-order valence-corrected chi connectivity index (χ0v) is 4.29. The van der Waals surface area contributed by atoms with E-state index in [1.807, 2.05) is 0 Å². The van der Waals surface area contributed by atoms with Gasteiger partial charge in [0.1, 0.15) is 0 Å². The largest absolute Gasteiger partial charge is 0.456 e. The van der Waals surface area contributed by atoms with Gasteiger partial charge in [-0.15, -0.1) is 0 Å². The third-order valence-corrected chi connectivity index (χ3v) is 0.294. The first kappa shape index (κ1) is 7.64. The van der Waals surface area contributed by atoms with Crippen molar-refractivity contribution < 1.29 is 24.9 Å². The minimum absolute atomic E-state index is 1.50. The first-order chi connectivity index (χ1) is 3.42. The van der Waals surface area contributed by atoms with Gasteiger partial charge in [-0.25, -0.2) is 4.79 Å².